The number of carbonyl (C=O) groups excluding carboxylic acids is 1. The van der Waals surface area contributed by atoms with Crippen LogP contribution in [0.5, 0.6) is 5.75 Å². The predicted octanol–water partition coefficient (Wildman–Crippen LogP) is 3.05. The third-order valence-electron chi connectivity index (χ3n) is 5.58. The number of hydrogen-bond acceptors (Lipinski definition) is 7. The van der Waals surface area contributed by atoms with Crippen molar-refractivity contribution < 1.29 is 14.1 Å². The van der Waals surface area contributed by atoms with Crippen LogP contribution in [-0.2, 0) is 17.6 Å². The van der Waals surface area contributed by atoms with Gasteiger partial charge in [-0.3, -0.25) is 4.79 Å². The van der Waals surface area contributed by atoms with Crippen LogP contribution < -0.4 is 16.2 Å². The van der Waals surface area contributed by atoms with Gasteiger partial charge in [0.15, 0.2) is 0 Å². The van der Waals surface area contributed by atoms with Crippen LogP contribution in [0.3, 0.4) is 0 Å². The molecule has 4 N–H and O–H groups in total. The number of aromatic nitrogens is 2. The number of fused-ring (bicyclic) bond motifs is 1. The summed E-state index contributed by atoms with van der Waals surface area (Å²) in [6.45, 7) is 6.43. The van der Waals surface area contributed by atoms with E-state index in [0.29, 0.717) is 36.1 Å². The molecular weight excluding hydrogens is 406 g/mol. The summed E-state index contributed by atoms with van der Waals surface area (Å²) >= 11 is 0. The van der Waals surface area contributed by atoms with E-state index in [1.165, 1.54) is 11.1 Å². The topological polar surface area (TPSA) is 120 Å². The highest BCUT2D eigenvalue weighted by atomic mass is 16.5. The van der Waals surface area contributed by atoms with Gasteiger partial charge in [-0.15, -0.1) is 0 Å². The normalized spacial score (nSPS) is 14.2. The monoisotopic (exact) mass is 435 g/mol. The van der Waals surface area contributed by atoms with Crippen molar-refractivity contribution in [3.63, 3.8) is 0 Å². The van der Waals surface area contributed by atoms with Gasteiger partial charge in [-0.1, -0.05) is 17.3 Å². The average molecular weight is 436 g/mol. The lowest BCUT2D eigenvalue weighted by molar-refractivity contribution is -0.118. The third-order valence-corrected chi connectivity index (χ3v) is 5.58. The van der Waals surface area contributed by atoms with Crippen LogP contribution in [0, 0.1) is 0 Å². The molecule has 4 rings (SSSR count). The molecular formula is C24H29N5O3. The van der Waals surface area contributed by atoms with Gasteiger partial charge >= 0.3 is 0 Å². The lowest BCUT2D eigenvalue weighted by Gasteiger charge is -2.18. The number of benzene rings is 2. The Bertz CT molecular complexity index is 1110. The highest BCUT2D eigenvalue weighted by Crippen LogP contribution is 2.30. The summed E-state index contributed by atoms with van der Waals surface area (Å²) in [5, 5.41) is 4.18. The van der Waals surface area contributed by atoms with E-state index in [1.807, 2.05) is 32.0 Å². The van der Waals surface area contributed by atoms with Gasteiger partial charge in [-0.05, 0) is 62.1 Å². The Morgan fingerprint density at radius 2 is 1.88 bits per heavy atom. The molecule has 0 aliphatic carbocycles. The third kappa shape index (κ3) is 5.08. The van der Waals surface area contributed by atoms with Gasteiger partial charge in [-0.2, -0.15) is 4.98 Å². The number of nitrogens with two attached hydrogens (primary N) is 2. The van der Waals surface area contributed by atoms with E-state index in [4.69, 9.17) is 20.7 Å². The van der Waals surface area contributed by atoms with E-state index in [1.54, 1.807) is 6.07 Å². The van der Waals surface area contributed by atoms with E-state index in [9.17, 15) is 4.79 Å². The first-order valence-electron chi connectivity index (χ1n) is 10.9. The molecule has 1 aliphatic heterocycles. The highest BCUT2D eigenvalue weighted by molar-refractivity contribution is 5.73. The minimum absolute atomic E-state index is 0.0431. The Balaban J connectivity index is 1.50. The van der Waals surface area contributed by atoms with Crippen molar-refractivity contribution in [2.24, 2.45) is 5.73 Å². The maximum absolute atomic E-state index is 11.1. The summed E-state index contributed by atoms with van der Waals surface area (Å²) < 4.78 is 11.2. The Kier molecular flexibility index (Phi) is 6.41. The van der Waals surface area contributed by atoms with E-state index in [0.717, 1.165) is 37.1 Å². The van der Waals surface area contributed by atoms with E-state index in [2.05, 4.69) is 27.2 Å². The first-order valence-corrected chi connectivity index (χ1v) is 10.9. The van der Waals surface area contributed by atoms with E-state index < -0.39 is 0 Å². The van der Waals surface area contributed by atoms with Crippen molar-refractivity contribution in [1.82, 2.24) is 15.0 Å². The minimum atomic E-state index is -0.259. The maximum atomic E-state index is 11.1. The van der Waals surface area contributed by atoms with Crippen molar-refractivity contribution in [3.05, 3.63) is 47.5 Å². The maximum Gasteiger partial charge on any atom is 0.258 e. The number of rotatable bonds is 7. The summed E-state index contributed by atoms with van der Waals surface area (Å²) in [7, 11) is 0. The Morgan fingerprint density at radius 1 is 1.12 bits per heavy atom. The second-order valence-corrected chi connectivity index (χ2v) is 8.38. The molecule has 0 bridgehead atoms. The summed E-state index contributed by atoms with van der Waals surface area (Å²) in [4.78, 5) is 18.0. The van der Waals surface area contributed by atoms with Crippen LogP contribution in [0.4, 0.5) is 5.69 Å². The SMILES string of the molecule is CC(C)Oc1ccc(-c2nc(-c3ccc4c(c3)CCN(CCC(N)=O)CC4)no2)cc1N. The molecule has 8 nitrogen and oxygen atoms in total. The molecule has 0 spiro atoms. The molecule has 0 saturated heterocycles. The fraction of sp³-hybridized carbons (Fsp3) is 0.375. The standard InChI is InChI=1S/C24H29N5O3/c1-15(2)31-21-6-5-19(14-20(21)25)24-27-23(28-32-24)18-4-3-16-7-10-29(12-9-22(26)30)11-8-17(16)13-18/h3-6,13-15H,7-12,25H2,1-2H3,(H2,26,30). The van der Waals surface area contributed by atoms with Crippen LogP contribution in [0.15, 0.2) is 40.9 Å². The molecule has 2 heterocycles. The summed E-state index contributed by atoms with van der Waals surface area (Å²) in [5.41, 5.74) is 16.2. The molecule has 8 heteroatoms. The van der Waals surface area contributed by atoms with Crippen LogP contribution in [0.1, 0.15) is 31.4 Å². The molecule has 0 radical (unpaired) electrons. The van der Waals surface area contributed by atoms with Gasteiger partial charge in [0.1, 0.15) is 5.75 Å². The molecule has 32 heavy (non-hydrogen) atoms. The van der Waals surface area contributed by atoms with Gasteiger partial charge in [0.25, 0.3) is 5.89 Å². The van der Waals surface area contributed by atoms with Crippen LogP contribution >= 0.6 is 0 Å². The zero-order valence-corrected chi connectivity index (χ0v) is 18.5. The number of hydrogen-bond donors (Lipinski definition) is 2. The number of nitrogens with zero attached hydrogens (tertiary/aromatic N) is 3. The quantitative estimate of drug-likeness (QED) is 0.547. The Labute approximate surface area is 187 Å². The molecule has 0 saturated carbocycles. The zero-order valence-electron chi connectivity index (χ0n) is 18.5. The fourth-order valence-electron chi connectivity index (χ4n) is 3.90. The zero-order chi connectivity index (χ0) is 22.7. The number of anilines is 1. The number of nitrogen functional groups attached to an aromatic ring is 1. The Morgan fingerprint density at radius 3 is 2.59 bits per heavy atom. The second kappa shape index (κ2) is 9.40. The smallest absolute Gasteiger partial charge is 0.258 e. The predicted molar refractivity (Wildman–Crippen MR) is 123 cm³/mol. The largest absolute Gasteiger partial charge is 0.489 e. The lowest BCUT2D eigenvalue weighted by Crippen LogP contribution is -2.30. The molecule has 1 aliphatic rings. The Hall–Kier alpha value is -3.39. The summed E-state index contributed by atoms with van der Waals surface area (Å²) in [5.74, 6) is 1.33. The van der Waals surface area contributed by atoms with Gasteiger partial charge in [-0.25, -0.2) is 0 Å². The van der Waals surface area contributed by atoms with Crippen LogP contribution in [0.25, 0.3) is 22.8 Å². The fourth-order valence-corrected chi connectivity index (χ4v) is 3.90. The van der Waals surface area contributed by atoms with Crippen molar-refractivity contribution in [2.75, 3.05) is 25.4 Å². The first-order chi connectivity index (χ1) is 15.4. The number of ether oxygens (including phenoxy) is 1. The van der Waals surface area contributed by atoms with Gasteiger partial charge in [0.05, 0.1) is 11.8 Å². The molecule has 1 aromatic heterocycles. The summed E-state index contributed by atoms with van der Waals surface area (Å²) in [6, 6.07) is 11.8. The average Bonchev–Trinajstić information content (AvgIpc) is 3.16. The molecule has 3 aromatic rings. The molecule has 0 unspecified atom stereocenters. The van der Waals surface area contributed by atoms with Crippen molar-refractivity contribution in [3.8, 4) is 28.6 Å². The molecule has 0 fully saturated rings. The number of carbonyl (C=O) groups is 1. The molecule has 0 atom stereocenters. The van der Waals surface area contributed by atoms with Gasteiger partial charge < -0.3 is 25.6 Å². The summed E-state index contributed by atoms with van der Waals surface area (Å²) in [6.07, 6.45) is 2.28. The first kappa shape index (κ1) is 21.8. The number of primary amides is 1. The van der Waals surface area contributed by atoms with E-state index >= 15 is 0 Å². The highest BCUT2D eigenvalue weighted by Gasteiger charge is 2.17. The minimum Gasteiger partial charge on any atom is -0.489 e. The van der Waals surface area contributed by atoms with E-state index in [-0.39, 0.29) is 12.0 Å². The van der Waals surface area contributed by atoms with Crippen molar-refractivity contribution in [1.29, 1.82) is 0 Å². The van der Waals surface area contributed by atoms with Crippen LogP contribution in [-0.4, -0.2) is 46.7 Å². The molecule has 2 aromatic carbocycles. The van der Waals surface area contributed by atoms with Gasteiger partial charge in [0.2, 0.25) is 11.7 Å². The van der Waals surface area contributed by atoms with Crippen molar-refractivity contribution >= 4 is 11.6 Å². The van der Waals surface area contributed by atoms with Crippen molar-refractivity contribution in [2.45, 2.75) is 39.2 Å². The molecule has 168 valence electrons. The second-order valence-electron chi connectivity index (χ2n) is 8.38. The molecule has 1 amide bonds. The lowest BCUT2D eigenvalue weighted by atomic mass is 10.00. The van der Waals surface area contributed by atoms with Crippen LogP contribution in [0.2, 0.25) is 0 Å². The number of amides is 1. The van der Waals surface area contributed by atoms with Gasteiger partial charge in [0, 0.05) is 37.2 Å².